The molecule has 0 bridgehead atoms. The summed E-state index contributed by atoms with van der Waals surface area (Å²) in [5.41, 5.74) is 0.709. The highest BCUT2D eigenvalue weighted by Crippen LogP contribution is 2.34. The third kappa shape index (κ3) is 3.55. The molecule has 0 aliphatic carbocycles. The summed E-state index contributed by atoms with van der Waals surface area (Å²) in [5, 5.41) is 9.75. The van der Waals surface area contributed by atoms with E-state index in [0.717, 1.165) is 0 Å². The second-order valence-electron chi connectivity index (χ2n) is 4.26. The number of rotatable bonds is 5. The fraction of sp³-hybridized carbons (Fsp3) is 0.286. The zero-order chi connectivity index (χ0) is 15.4. The molecule has 1 aromatic carbocycles. The molecule has 112 valence electrons. The second-order valence-corrected chi connectivity index (χ2v) is 5.93. The summed E-state index contributed by atoms with van der Waals surface area (Å²) in [4.78, 5) is 14.3. The average Bonchev–Trinajstić information content (AvgIpc) is 2.72. The monoisotopic (exact) mass is 325 g/mol. The molecule has 21 heavy (non-hydrogen) atoms. The van der Waals surface area contributed by atoms with Crippen LogP contribution in [0.1, 0.15) is 5.56 Å². The van der Waals surface area contributed by atoms with Crippen LogP contribution in [0.15, 0.2) is 23.1 Å². The summed E-state index contributed by atoms with van der Waals surface area (Å²) in [6.07, 6.45) is 1.70. The highest BCUT2D eigenvalue weighted by Gasteiger charge is 2.31. The van der Waals surface area contributed by atoms with Crippen molar-refractivity contribution in [2.75, 3.05) is 27.4 Å². The molecule has 1 saturated heterocycles. The number of phenolic OH excluding ortho intramolecular Hbond substituents is 1. The summed E-state index contributed by atoms with van der Waals surface area (Å²) < 4.78 is 10.5. The van der Waals surface area contributed by atoms with Gasteiger partial charge in [0.25, 0.3) is 5.91 Å². The van der Waals surface area contributed by atoms with Crippen molar-refractivity contribution in [3.05, 3.63) is 28.7 Å². The van der Waals surface area contributed by atoms with Gasteiger partial charge in [0.1, 0.15) is 4.32 Å². The molecule has 0 atom stereocenters. The fourth-order valence-electron chi connectivity index (χ4n) is 1.82. The number of hydrogen-bond donors (Lipinski definition) is 1. The molecule has 1 heterocycles. The smallest absolute Gasteiger partial charge is 0.266 e. The van der Waals surface area contributed by atoms with Gasteiger partial charge in [-0.05, 0) is 23.8 Å². The first-order valence-corrected chi connectivity index (χ1v) is 7.40. The Bertz CT molecular complexity index is 601. The van der Waals surface area contributed by atoms with Crippen molar-refractivity contribution in [2.24, 2.45) is 0 Å². The van der Waals surface area contributed by atoms with E-state index < -0.39 is 0 Å². The number of methoxy groups -OCH3 is 2. The van der Waals surface area contributed by atoms with Crippen molar-refractivity contribution in [3.63, 3.8) is 0 Å². The lowest BCUT2D eigenvalue weighted by molar-refractivity contribution is -0.122. The van der Waals surface area contributed by atoms with Crippen LogP contribution in [0.25, 0.3) is 6.08 Å². The van der Waals surface area contributed by atoms with Gasteiger partial charge >= 0.3 is 0 Å². The minimum absolute atomic E-state index is 0.0288. The predicted octanol–water partition coefficient (Wildman–Crippen LogP) is 2.25. The highest BCUT2D eigenvalue weighted by molar-refractivity contribution is 8.26. The zero-order valence-corrected chi connectivity index (χ0v) is 13.3. The van der Waals surface area contributed by atoms with Crippen LogP contribution >= 0.6 is 24.0 Å². The third-order valence-corrected chi connectivity index (χ3v) is 4.27. The number of carbonyl (C=O) groups excluding carboxylic acids is 1. The first kappa shape index (κ1) is 15.8. The van der Waals surface area contributed by atoms with E-state index in [9.17, 15) is 9.90 Å². The summed E-state index contributed by atoms with van der Waals surface area (Å²) >= 11 is 6.44. The molecule has 0 saturated carbocycles. The largest absolute Gasteiger partial charge is 0.504 e. The maximum absolute atomic E-state index is 12.2. The Morgan fingerprint density at radius 3 is 2.81 bits per heavy atom. The minimum atomic E-state index is -0.141. The number of thiocarbonyl (C=S) groups is 1. The van der Waals surface area contributed by atoms with Crippen LogP contribution in [0.4, 0.5) is 0 Å². The van der Waals surface area contributed by atoms with Gasteiger partial charge in [-0.25, -0.2) is 0 Å². The van der Waals surface area contributed by atoms with Crippen LogP contribution in [0.3, 0.4) is 0 Å². The van der Waals surface area contributed by atoms with Crippen molar-refractivity contribution in [1.82, 2.24) is 4.90 Å². The Labute approximate surface area is 132 Å². The van der Waals surface area contributed by atoms with Crippen molar-refractivity contribution in [2.45, 2.75) is 0 Å². The Hall–Kier alpha value is -1.57. The topological polar surface area (TPSA) is 59.0 Å². The zero-order valence-electron chi connectivity index (χ0n) is 11.7. The summed E-state index contributed by atoms with van der Waals surface area (Å²) in [7, 11) is 3.06. The normalized spacial score (nSPS) is 16.9. The van der Waals surface area contributed by atoms with Gasteiger partial charge < -0.3 is 14.6 Å². The summed E-state index contributed by atoms with van der Waals surface area (Å²) in [6, 6.07) is 4.95. The van der Waals surface area contributed by atoms with Gasteiger partial charge in [0, 0.05) is 7.11 Å². The number of hydrogen-bond acceptors (Lipinski definition) is 6. The Kier molecular flexibility index (Phi) is 5.22. The summed E-state index contributed by atoms with van der Waals surface area (Å²) in [6.45, 7) is 0.870. The molecule has 1 aliphatic rings. The number of ether oxygens (including phenoxy) is 2. The van der Waals surface area contributed by atoms with E-state index >= 15 is 0 Å². The molecule has 0 aromatic heterocycles. The van der Waals surface area contributed by atoms with Gasteiger partial charge in [0.05, 0.1) is 25.2 Å². The van der Waals surface area contributed by atoms with Crippen molar-refractivity contribution < 1.29 is 19.4 Å². The number of amides is 1. The van der Waals surface area contributed by atoms with Crippen LogP contribution in [-0.2, 0) is 9.53 Å². The molecule has 0 radical (unpaired) electrons. The van der Waals surface area contributed by atoms with E-state index in [1.54, 1.807) is 31.4 Å². The molecular formula is C14H15NO4S2. The number of carbonyl (C=O) groups is 1. The molecule has 0 spiro atoms. The van der Waals surface area contributed by atoms with Gasteiger partial charge in [-0.2, -0.15) is 0 Å². The van der Waals surface area contributed by atoms with Gasteiger partial charge in [-0.3, -0.25) is 9.69 Å². The number of thioether (sulfide) groups is 1. The van der Waals surface area contributed by atoms with Crippen LogP contribution < -0.4 is 4.74 Å². The molecular weight excluding hydrogens is 310 g/mol. The third-order valence-electron chi connectivity index (χ3n) is 2.89. The lowest BCUT2D eigenvalue weighted by atomic mass is 10.2. The SMILES string of the molecule is COCCN1C(=O)/C(=C/c2ccc(OC)c(O)c2)SC1=S. The standard InChI is InChI=1S/C14H15NO4S2/c1-18-6-5-15-13(17)12(21-14(15)20)8-9-3-4-11(19-2)10(16)7-9/h3-4,7-8,16H,5-6H2,1-2H3/b12-8-. The maximum Gasteiger partial charge on any atom is 0.266 e. The lowest BCUT2D eigenvalue weighted by Crippen LogP contribution is -2.31. The first-order valence-electron chi connectivity index (χ1n) is 6.18. The van der Waals surface area contributed by atoms with E-state index in [-0.39, 0.29) is 11.7 Å². The highest BCUT2D eigenvalue weighted by atomic mass is 32.2. The minimum Gasteiger partial charge on any atom is -0.504 e. The van der Waals surface area contributed by atoms with E-state index in [1.165, 1.54) is 23.8 Å². The molecule has 1 aliphatic heterocycles. The van der Waals surface area contributed by atoms with Crippen molar-refractivity contribution >= 4 is 40.3 Å². The average molecular weight is 325 g/mol. The molecule has 5 nitrogen and oxygen atoms in total. The second kappa shape index (κ2) is 6.93. The van der Waals surface area contributed by atoms with Gasteiger partial charge in [0.15, 0.2) is 11.5 Å². The molecule has 0 unspecified atom stereocenters. The van der Waals surface area contributed by atoms with Crippen LogP contribution in [0, 0.1) is 0 Å². The van der Waals surface area contributed by atoms with Gasteiger partial charge in [-0.15, -0.1) is 0 Å². The summed E-state index contributed by atoms with van der Waals surface area (Å²) in [5.74, 6) is 0.276. The van der Waals surface area contributed by atoms with Crippen LogP contribution in [-0.4, -0.2) is 47.6 Å². The number of aromatic hydroxyl groups is 1. The number of nitrogens with zero attached hydrogens (tertiary/aromatic N) is 1. The number of benzene rings is 1. The Morgan fingerprint density at radius 2 is 2.19 bits per heavy atom. The Morgan fingerprint density at radius 1 is 1.43 bits per heavy atom. The predicted molar refractivity (Wildman–Crippen MR) is 86.4 cm³/mol. The lowest BCUT2D eigenvalue weighted by Gasteiger charge is -2.12. The maximum atomic E-state index is 12.2. The number of phenols is 1. The molecule has 1 N–H and O–H groups in total. The van der Waals surface area contributed by atoms with E-state index in [0.29, 0.717) is 33.7 Å². The van der Waals surface area contributed by atoms with Crippen LogP contribution in [0.2, 0.25) is 0 Å². The molecule has 1 amide bonds. The molecule has 2 rings (SSSR count). The van der Waals surface area contributed by atoms with Gasteiger partial charge in [-0.1, -0.05) is 30.0 Å². The first-order chi connectivity index (χ1) is 10.1. The Balaban J connectivity index is 2.20. The van der Waals surface area contributed by atoms with Crippen molar-refractivity contribution in [3.8, 4) is 11.5 Å². The molecule has 1 aromatic rings. The fourth-order valence-corrected chi connectivity index (χ4v) is 3.13. The molecule has 7 heteroatoms. The van der Waals surface area contributed by atoms with Gasteiger partial charge in [0.2, 0.25) is 0 Å². The van der Waals surface area contributed by atoms with Crippen molar-refractivity contribution in [1.29, 1.82) is 0 Å². The van der Waals surface area contributed by atoms with Crippen LogP contribution in [0.5, 0.6) is 11.5 Å². The van der Waals surface area contributed by atoms with E-state index in [2.05, 4.69) is 0 Å². The van der Waals surface area contributed by atoms with E-state index in [4.69, 9.17) is 21.7 Å². The quantitative estimate of drug-likeness (QED) is 0.662. The van der Waals surface area contributed by atoms with E-state index in [1.807, 2.05) is 0 Å². The molecule has 1 fully saturated rings.